The van der Waals surface area contributed by atoms with Gasteiger partial charge in [0.2, 0.25) is 0 Å². The lowest BCUT2D eigenvalue weighted by Crippen LogP contribution is -2.34. The number of H-pyrrole nitrogens is 1. The van der Waals surface area contributed by atoms with Gasteiger partial charge in [-0.05, 0) is 36.1 Å². The molecule has 3 saturated heterocycles. The number of pyridine rings is 1. The Hall–Kier alpha value is -3.79. The maximum absolute atomic E-state index is 15.1. The van der Waals surface area contributed by atoms with Gasteiger partial charge in [0, 0.05) is 36.3 Å². The number of aliphatic hydroxyl groups excluding tert-OH is 1. The number of aromatic nitrogens is 2. The van der Waals surface area contributed by atoms with Crippen LogP contribution < -0.4 is 4.74 Å². The number of amides is 1. The van der Waals surface area contributed by atoms with E-state index < -0.39 is 11.9 Å². The molecule has 3 aliphatic rings. The second-order valence-electron chi connectivity index (χ2n) is 10.4. The number of fused-ring (bicyclic) bond motifs is 2. The zero-order valence-corrected chi connectivity index (χ0v) is 21.2. The smallest absolute Gasteiger partial charge is 0.253 e. The van der Waals surface area contributed by atoms with Crippen LogP contribution in [0.4, 0.5) is 4.39 Å². The van der Waals surface area contributed by atoms with Crippen molar-refractivity contribution in [1.82, 2.24) is 14.9 Å². The standard InChI is InChI=1S/C30H28FN3O5/c31-21-13-22-23(14-26(32-22)39-25-16-38-28-24(35)15-37-29(25)28)33-27(21)19-7-3-17(4-8-19)18-5-9-20(10-6-18)30(36)34-11-1-2-12-34/h3-10,13-14,24-25,28-29,32,35H,1-2,11-12,15-16H2/t24-,25-,28?,29-/m1/s1. The van der Waals surface area contributed by atoms with E-state index in [2.05, 4.69) is 9.97 Å². The lowest BCUT2D eigenvalue weighted by Gasteiger charge is -2.16. The van der Waals surface area contributed by atoms with Crippen LogP contribution in [0.2, 0.25) is 0 Å². The van der Waals surface area contributed by atoms with Gasteiger partial charge in [0.1, 0.15) is 24.0 Å². The zero-order valence-electron chi connectivity index (χ0n) is 21.2. The SMILES string of the molecule is O=C(c1ccc(-c2ccc(-c3nc4cc(O[C@@H]5COC6[C@H](O)CO[C@@H]65)[nH]c4cc3F)cc2)cc1)N1CCCC1. The van der Waals surface area contributed by atoms with Gasteiger partial charge in [0.25, 0.3) is 5.91 Å². The number of carbonyl (C=O) groups is 1. The summed E-state index contributed by atoms with van der Waals surface area (Å²) in [6, 6.07) is 18.3. The molecule has 3 aliphatic heterocycles. The van der Waals surface area contributed by atoms with Crippen LogP contribution in [0, 0.1) is 5.82 Å². The highest BCUT2D eigenvalue weighted by atomic mass is 19.1. The van der Waals surface area contributed by atoms with Crippen LogP contribution in [0.15, 0.2) is 60.7 Å². The predicted octanol–water partition coefficient (Wildman–Crippen LogP) is 4.18. The maximum atomic E-state index is 15.1. The quantitative estimate of drug-likeness (QED) is 0.403. The van der Waals surface area contributed by atoms with E-state index in [1.807, 2.05) is 53.4 Å². The van der Waals surface area contributed by atoms with Crippen LogP contribution in [0.1, 0.15) is 23.2 Å². The van der Waals surface area contributed by atoms with Gasteiger partial charge in [-0.1, -0.05) is 36.4 Å². The summed E-state index contributed by atoms with van der Waals surface area (Å²) < 4.78 is 32.3. The Labute approximate surface area is 224 Å². The third-order valence-corrected chi connectivity index (χ3v) is 7.81. The van der Waals surface area contributed by atoms with Crippen molar-refractivity contribution in [2.24, 2.45) is 0 Å². The normalized spacial score (nSPS) is 24.4. The average molecular weight is 530 g/mol. The first-order valence-electron chi connectivity index (χ1n) is 13.3. The second-order valence-corrected chi connectivity index (χ2v) is 10.4. The van der Waals surface area contributed by atoms with Crippen LogP contribution in [-0.2, 0) is 9.47 Å². The summed E-state index contributed by atoms with van der Waals surface area (Å²) in [7, 11) is 0. The molecule has 3 fully saturated rings. The Morgan fingerprint density at radius 3 is 2.36 bits per heavy atom. The fraction of sp³-hybridized carbons (Fsp3) is 0.333. The molecule has 4 atom stereocenters. The average Bonchev–Trinajstić information content (AvgIpc) is 3.76. The summed E-state index contributed by atoms with van der Waals surface area (Å²) >= 11 is 0. The molecular formula is C30H28FN3O5. The largest absolute Gasteiger partial charge is 0.470 e. The van der Waals surface area contributed by atoms with Crippen molar-refractivity contribution < 1.29 is 28.5 Å². The van der Waals surface area contributed by atoms with Gasteiger partial charge in [0.05, 0.1) is 24.2 Å². The van der Waals surface area contributed by atoms with E-state index >= 15 is 4.39 Å². The Kier molecular flexibility index (Phi) is 6.07. The van der Waals surface area contributed by atoms with Crippen LogP contribution in [0.5, 0.6) is 5.88 Å². The van der Waals surface area contributed by atoms with E-state index in [1.165, 1.54) is 6.07 Å². The summed E-state index contributed by atoms with van der Waals surface area (Å²) in [5.41, 5.74) is 4.64. The number of ether oxygens (including phenoxy) is 3. The molecule has 5 heterocycles. The van der Waals surface area contributed by atoms with Crippen LogP contribution >= 0.6 is 0 Å². The Morgan fingerprint density at radius 1 is 0.949 bits per heavy atom. The van der Waals surface area contributed by atoms with Crippen molar-refractivity contribution in [3.63, 3.8) is 0 Å². The number of benzene rings is 2. The first-order chi connectivity index (χ1) is 19.0. The monoisotopic (exact) mass is 529 g/mol. The zero-order chi connectivity index (χ0) is 26.5. The van der Waals surface area contributed by atoms with Crippen LogP contribution in [0.3, 0.4) is 0 Å². The molecule has 0 spiro atoms. The second kappa shape index (κ2) is 9.75. The molecule has 39 heavy (non-hydrogen) atoms. The predicted molar refractivity (Wildman–Crippen MR) is 142 cm³/mol. The number of likely N-dealkylation sites (tertiary alicyclic amines) is 1. The number of hydrogen-bond acceptors (Lipinski definition) is 6. The summed E-state index contributed by atoms with van der Waals surface area (Å²) in [6.07, 6.45) is 0.376. The van der Waals surface area contributed by atoms with Crippen molar-refractivity contribution in [2.75, 3.05) is 26.3 Å². The minimum absolute atomic E-state index is 0.0797. The minimum Gasteiger partial charge on any atom is -0.470 e. The van der Waals surface area contributed by atoms with Gasteiger partial charge in [-0.2, -0.15) is 0 Å². The third-order valence-electron chi connectivity index (χ3n) is 7.81. The van der Waals surface area contributed by atoms with Crippen molar-refractivity contribution in [2.45, 2.75) is 37.3 Å². The molecule has 1 amide bonds. The molecule has 0 bridgehead atoms. The molecule has 8 nitrogen and oxygen atoms in total. The fourth-order valence-electron chi connectivity index (χ4n) is 5.71. The molecule has 2 aromatic carbocycles. The molecule has 0 aliphatic carbocycles. The molecular weight excluding hydrogens is 501 g/mol. The lowest BCUT2D eigenvalue weighted by atomic mass is 10.0. The maximum Gasteiger partial charge on any atom is 0.253 e. The molecule has 0 radical (unpaired) electrons. The third kappa shape index (κ3) is 4.46. The Balaban J connectivity index is 1.08. The highest BCUT2D eigenvalue weighted by Crippen LogP contribution is 2.32. The number of carbonyl (C=O) groups excluding carboxylic acids is 1. The Bertz CT molecular complexity index is 1510. The number of nitrogens with zero attached hydrogens (tertiary/aromatic N) is 2. The fourth-order valence-corrected chi connectivity index (χ4v) is 5.71. The van der Waals surface area contributed by atoms with Gasteiger partial charge in [-0.15, -0.1) is 0 Å². The van der Waals surface area contributed by atoms with Gasteiger partial charge in [-0.3, -0.25) is 4.79 Å². The highest BCUT2D eigenvalue weighted by Gasteiger charge is 2.48. The number of nitrogens with one attached hydrogen (secondary N) is 1. The van der Waals surface area contributed by atoms with E-state index in [0.717, 1.165) is 37.1 Å². The van der Waals surface area contributed by atoms with Crippen LogP contribution in [-0.4, -0.2) is 76.6 Å². The van der Waals surface area contributed by atoms with Crippen LogP contribution in [0.25, 0.3) is 33.4 Å². The lowest BCUT2D eigenvalue weighted by molar-refractivity contribution is 0.00794. The highest BCUT2D eigenvalue weighted by molar-refractivity contribution is 5.95. The summed E-state index contributed by atoms with van der Waals surface area (Å²) in [5.74, 6) is 0.0753. The number of aliphatic hydroxyl groups is 1. The van der Waals surface area contributed by atoms with E-state index in [-0.39, 0.29) is 36.5 Å². The van der Waals surface area contributed by atoms with E-state index in [9.17, 15) is 9.90 Å². The molecule has 7 rings (SSSR count). The molecule has 4 aromatic rings. The molecule has 2 N–H and O–H groups in total. The summed E-state index contributed by atoms with van der Waals surface area (Å²) in [4.78, 5) is 22.1. The van der Waals surface area contributed by atoms with Crippen molar-refractivity contribution in [1.29, 1.82) is 0 Å². The van der Waals surface area contributed by atoms with Crippen molar-refractivity contribution >= 4 is 16.9 Å². The van der Waals surface area contributed by atoms with E-state index in [0.29, 0.717) is 34.6 Å². The van der Waals surface area contributed by atoms with Crippen molar-refractivity contribution in [3.05, 3.63) is 72.0 Å². The summed E-state index contributed by atoms with van der Waals surface area (Å²) in [5, 5.41) is 9.94. The van der Waals surface area contributed by atoms with Gasteiger partial charge < -0.3 is 29.2 Å². The van der Waals surface area contributed by atoms with Crippen molar-refractivity contribution in [3.8, 4) is 28.3 Å². The number of aromatic amines is 1. The minimum atomic E-state index is -0.653. The van der Waals surface area contributed by atoms with Gasteiger partial charge in [0.15, 0.2) is 17.8 Å². The number of halogens is 1. The first-order valence-corrected chi connectivity index (χ1v) is 13.3. The number of hydrogen-bond donors (Lipinski definition) is 2. The molecule has 9 heteroatoms. The first kappa shape index (κ1) is 24.3. The van der Waals surface area contributed by atoms with E-state index in [4.69, 9.17) is 14.2 Å². The van der Waals surface area contributed by atoms with Gasteiger partial charge in [-0.25, -0.2) is 9.37 Å². The van der Waals surface area contributed by atoms with Gasteiger partial charge >= 0.3 is 0 Å². The van der Waals surface area contributed by atoms with E-state index in [1.54, 1.807) is 6.07 Å². The molecule has 2 aromatic heterocycles. The molecule has 200 valence electrons. The molecule has 1 unspecified atom stereocenters. The molecule has 0 saturated carbocycles. The number of rotatable bonds is 5. The summed E-state index contributed by atoms with van der Waals surface area (Å²) in [6.45, 7) is 2.18. The topological polar surface area (TPSA) is 96.9 Å². The Morgan fingerprint density at radius 2 is 1.62 bits per heavy atom.